The van der Waals surface area contributed by atoms with Crippen LogP contribution in [0.25, 0.3) is 67.5 Å². The third-order valence-corrected chi connectivity index (χ3v) is 12.6. The molecule has 0 bridgehead atoms. The molecule has 4 heteroatoms. The van der Waals surface area contributed by atoms with Crippen molar-refractivity contribution in [2.24, 2.45) is 0 Å². The Balaban J connectivity index is 1.06. The minimum Gasteiger partial charge on any atom is -0.208 e. The van der Waals surface area contributed by atoms with Crippen LogP contribution >= 0.6 is 0 Å². The van der Waals surface area contributed by atoms with Crippen LogP contribution in [0.4, 0.5) is 0 Å². The first-order valence-electron chi connectivity index (χ1n) is 20.4. The molecule has 282 valence electrons. The fourth-order valence-electron chi connectivity index (χ4n) is 9.82. The molecule has 2 aliphatic carbocycles. The fourth-order valence-corrected chi connectivity index (χ4v) is 9.82. The Morgan fingerprint density at radius 3 is 1.38 bits per heavy atom. The molecule has 8 aromatic carbocycles. The summed E-state index contributed by atoms with van der Waals surface area (Å²) in [6.07, 6.45) is 0. The van der Waals surface area contributed by atoms with Gasteiger partial charge in [-0.2, -0.15) is 5.26 Å². The minimum atomic E-state index is -0.431. The predicted molar refractivity (Wildman–Crippen MR) is 241 cm³/mol. The Hall–Kier alpha value is -7.74. The van der Waals surface area contributed by atoms with Gasteiger partial charge in [0.1, 0.15) is 0 Å². The van der Waals surface area contributed by atoms with Crippen molar-refractivity contribution in [3.63, 3.8) is 0 Å². The topological polar surface area (TPSA) is 62.5 Å². The van der Waals surface area contributed by atoms with Gasteiger partial charge in [-0.1, -0.05) is 178 Å². The Labute approximate surface area is 350 Å². The highest BCUT2D eigenvalue weighted by molar-refractivity contribution is 5.89. The summed E-state index contributed by atoms with van der Waals surface area (Å²) < 4.78 is 0. The van der Waals surface area contributed by atoms with Crippen molar-refractivity contribution in [1.82, 2.24) is 15.0 Å². The molecule has 9 aromatic rings. The van der Waals surface area contributed by atoms with Crippen LogP contribution in [0, 0.1) is 11.3 Å². The number of nitrogens with zero attached hydrogens (tertiary/aromatic N) is 4. The van der Waals surface area contributed by atoms with Gasteiger partial charge < -0.3 is 0 Å². The Morgan fingerprint density at radius 2 is 0.783 bits per heavy atom. The average molecular weight is 767 g/mol. The summed E-state index contributed by atoms with van der Waals surface area (Å²) in [6, 6.07) is 70.9. The molecule has 0 saturated carbocycles. The molecular weight excluding hydrogens is 729 g/mol. The van der Waals surface area contributed by atoms with Crippen molar-refractivity contribution in [2.75, 3.05) is 0 Å². The molecule has 1 spiro atoms. The first kappa shape index (κ1) is 35.4. The van der Waals surface area contributed by atoms with E-state index in [4.69, 9.17) is 15.0 Å². The van der Waals surface area contributed by atoms with Gasteiger partial charge in [-0.3, -0.25) is 0 Å². The van der Waals surface area contributed by atoms with Gasteiger partial charge in [-0.25, -0.2) is 15.0 Å². The van der Waals surface area contributed by atoms with E-state index in [2.05, 4.69) is 141 Å². The van der Waals surface area contributed by atoms with Crippen molar-refractivity contribution >= 4 is 0 Å². The van der Waals surface area contributed by atoms with E-state index in [1.807, 2.05) is 72.8 Å². The lowest BCUT2D eigenvalue weighted by molar-refractivity contribution is 0.563. The summed E-state index contributed by atoms with van der Waals surface area (Å²) in [7, 11) is 0. The van der Waals surface area contributed by atoms with Crippen molar-refractivity contribution in [3.8, 4) is 73.6 Å². The molecule has 0 amide bonds. The summed E-state index contributed by atoms with van der Waals surface area (Å²) in [4.78, 5) is 15.2. The highest BCUT2D eigenvalue weighted by Crippen LogP contribution is 2.62. The summed E-state index contributed by atoms with van der Waals surface area (Å²) in [5.41, 5.74) is 17.5. The van der Waals surface area contributed by atoms with Crippen LogP contribution in [0.1, 0.15) is 52.8 Å². The Morgan fingerprint density at radius 1 is 0.350 bits per heavy atom. The van der Waals surface area contributed by atoms with Crippen LogP contribution in [-0.4, -0.2) is 15.0 Å². The first-order chi connectivity index (χ1) is 29.4. The SMILES string of the molecule is CC1(C)c2ccccc2C2(c3ccccc3-c3ccccc32)c2ccc(-c3cccc(-c4nc(-c5ccccc5)nc(-c5cccc(-c6cccc(C#N)c6)c5)n4)c3)cc21. The second-order valence-electron chi connectivity index (χ2n) is 16.3. The largest absolute Gasteiger partial charge is 0.208 e. The average Bonchev–Trinajstić information content (AvgIpc) is 3.62. The molecule has 0 saturated heterocycles. The second-order valence-corrected chi connectivity index (χ2v) is 16.3. The smallest absolute Gasteiger partial charge is 0.164 e. The molecule has 1 aromatic heterocycles. The van der Waals surface area contributed by atoms with Gasteiger partial charge in [0, 0.05) is 22.1 Å². The quantitative estimate of drug-likeness (QED) is 0.175. The lowest BCUT2D eigenvalue weighted by Gasteiger charge is -2.46. The monoisotopic (exact) mass is 766 g/mol. The van der Waals surface area contributed by atoms with Gasteiger partial charge in [0.15, 0.2) is 17.5 Å². The maximum absolute atomic E-state index is 9.55. The lowest BCUT2D eigenvalue weighted by Crippen LogP contribution is -2.40. The summed E-state index contributed by atoms with van der Waals surface area (Å²) in [5, 5.41) is 9.55. The third kappa shape index (κ3) is 5.40. The molecule has 11 rings (SSSR count). The Bertz CT molecular complexity index is 3160. The van der Waals surface area contributed by atoms with E-state index in [1.54, 1.807) is 0 Å². The molecule has 1 heterocycles. The second kappa shape index (κ2) is 13.7. The predicted octanol–water partition coefficient (Wildman–Crippen LogP) is 13.1. The fraction of sp³-hybridized carbons (Fsp3) is 0.0714. The molecule has 0 unspecified atom stereocenters. The van der Waals surface area contributed by atoms with Crippen molar-refractivity contribution in [3.05, 3.63) is 233 Å². The zero-order chi connectivity index (χ0) is 40.4. The highest BCUT2D eigenvalue weighted by atomic mass is 15.0. The van der Waals surface area contributed by atoms with Crippen LogP contribution < -0.4 is 0 Å². The van der Waals surface area contributed by atoms with E-state index in [-0.39, 0.29) is 5.41 Å². The molecule has 0 N–H and O–H groups in total. The molecule has 0 radical (unpaired) electrons. The lowest BCUT2D eigenvalue weighted by atomic mass is 9.55. The van der Waals surface area contributed by atoms with Crippen LogP contribution in [0.5, 0.6) is 0 Å². The highest BCUT2D eigenvalue weighted by Gasteiger charge is 2.53. The van der Waals surface area contributed by atoms with Gasteiger partial charge in [0.2, 0.25) is 0 Å². The van der Waals surface area contributed by atoms with E-state index in [0.29, 0.717) is 23.0 Å². The maximum Gasteiger partial charge on any atom is 0.164 e. The number of nitriles is 1. The van der Waals surface area contributed by atoms with Gasteiger partial charge in [-0.05, 0) is 97.1 Å². The molecule has 0 atom stereocenters. The summed E-state index contributed by atoms with van der Waals surface area (Å²) in [6.45, 7) is 4.74. The minimum absolute atomic E-state index is 0.255. The third-order valence-electron chi connectivity index (χ3n) is 12.6. The van der Waals surface area contributed by atoms with Crippen molar-refractivity contribution < 1.29 is 0 Å². The van der Waals surface area contributed by atoms with Crippen molar-refractivity contribution in [2.45, 2.75) is 24.7 Å². The van der Waals surface area contributed by atoms with Gasteiger partial charge >= 0.3 is 0 Å². The normalized spacial score (nSPS) is 13.8. The number of benzene rings is 8. The van der Waals surface area contributed by atoms with E-state index in [9.17, 15) is 5.26 Å². The maximum atomic E-state index is 9.55. The summed E-state index contributed by atoms with van der Waals surface area (Å²) >= 11 is 0. The number of hydrogen-bond acceptors (Lipinski definition) is 4. The molecule has 0 fully saturated rings. The molecule has 60 heavy (non-hydrogen) atoms. The van der Waals surface area contributed by atoms with E-state index >= 15 is 0 Å². The van der Waals surface area contributed by atoms with Crippen LogP contribution in [0.3, 0.4) is 0 Å². The van der Waals surface area contributed by atoms with Gasteiger partial charge in [0.05, 0.1) is 17.0 Å². The van der Waals surface area contributed by atoms with Gasteiger partial charge in [-0.15, -0.1) is 0 Å². The Kier molecular flexibility index (Phi) is 8.08. The van der Waals surface area contributed by atoms with E-state index in [1.165, 1.54) is 44.5 Å². The van der Waals surface area contributed by atoms with E-state index in [0.717, 1.165) is 38.9 Å². The molecule has 4 nitrogen and oxygen atoms in total. The zero-order valence-electron chi connectivity index (χ0n) is 33.3. The zero-order valence-corrected chi connectivity index (χ0v) is 33.3. The first-order valence-corrected chi connectivity index (χ1v) is 20.4. The van der Waals surface area contributed by atoms with Crippen LogP contribution in [0.15, 0.2) is 194 Å². The number of hydrogen-bond donors (Lipinski definition) is 0. The van der Waals surface area contributed by atoms with Gasteiger partial charge in [0.25, 0.3) is 0 Å². The molecule has 2 aliphatic rings. The summed E-state index contributed by atoms with van der Waals surface area (Å²) in [5.74, 6) is 1.79. The number of aromatic nitrogens is 3. The number of rotatable bonds is 5. The van der Waals surface area contributed by atoms with Crippen molar-refractivity contribution in [1.29, 1.82) is 5.26 Å². The molecular formula is C56H38N4. The van der Waals surface area contributed by atoms with E-state index < -0.39 is 5.41 Å². The number of fused-ring (bicyclic) bond motifs is 9. The standard InChI is InChI=1S/C56H38N4/c1-55(2)48-27-10-11-28-49(48)56(46-25-8-6-23-44(46)45-24-7-9-26-47(45)56)50-30-29-41(34-51(50)55)40-20-14-22-43(33-40)54-59-52(37-16-4-3-5-17-37)58-53(60-54)42-21-13-19-39(32-42)38-18-12-15-36(31-38)35-57/h3-34H,1-2H3. The molecule has 0 aliphatic heterocycles. The van der Waals surface area contributed by atoms with Crippen LogP contribution in [-0.2, 0) is 10.8 Å². The van der Waals surface area contributed by atoms with Crippen LogP contribution in [0.2, 0.25) is 0 Å².